The average molecular weight is 1040 g/mol. The van der Waals surface area contributed by atoms with Crippen LogP contribution in [0.1, 0.15) is 219 Å². The van der Waals surface area contributed by atoms with Crippen LogP contribution in [0.4, 0.5) is 0 Å². The Balaban J connectivity index is 1.56. The lowest BCUT2D eigenvalue weighted by atomic mass is 9.85. The minimum absolute atomic E-state index is 0.0863. The molecule has 14 N–H and O–H groups in total. The smallest absolute Gasteiger partial charge is 0.176 e. The van der Waals surface area contributed by atoms with Gasteiger partial charge in [-0.2, -0.15) is 0 Å². The molecule has 0 aliphatic carbocycles. The van der Waals surface area contributed by atoms with Crippen LogP contribution in [-0.4, -0.2) is 177 Å². The Morgan fingerprint density at radius 2 is 0.764 bits per heavy atom. The van der Waals surface area contributed by atoms with Crippen LogP contribution in [0.5, 0.6) is 0 Å². The van der Waals surface area contributed by atoms with Crippen molar-refractivity contribution in [2.24, 2.45) is 17.2 Å². The van der Waals surface area contributed by atoms with Gasteiger partial charge < -0.3 is 86.6 Å². The van der Waals surface area contributed by atoms with E-state index in [4.69, 9.17) is 40.9 Å². The first-order valence-corrected chi connectivity index (χ1v) is 29.4. The van der Waals surface area contributed by atoms with Crippen molar-refractivity contribution in [2.75, 3.05) is 39.5 Å². The second kappa shape index (κ2) is 38.8. The van der Waals surface area contributed by atoms with Crippen molar-refractivity contribution in [2.45, 2.75) is 311 Å². The molecule has 0 bridgehead atoms. The summed E-state index contributed by atoms with van der Waals surface area (Å²) in [5, 5.41) is 86.8. The Morgan fingerprint density at radius 3 is 1.14 bits per heavy atom. The summed E-state index contributed by atoms with van der Waals surface area (Å²) < 4.78 is 29.8. The van der Waals surface area contributed by atoms with E-state index in [-0.39, 0.29) is 6.54 Å². The maximum atomic E-state index is 11.6. The van der Waals surface area contributed by atoms with Crippen LogP contribution in [0, 0.1) is 0 Å². The van der Waals surface area contributed by atoms with Crippen LogP contribution >= 0.6 is 0 Å². The van der Waals surface area contributed by atoms with Crippen molar-refractivity contribution in [3.8, 4) is 0 Å². The molecule has 428 valence electrons. The Hall–Kier alpha value is -0.680. The van der Waals surface area contributed by atoms with E-state index in [0.29, 0.717) is 13.1 Å². The molecule has 0 amide bonds. The molecule has 3 aliphatic rings. The molecular formula is C55H110N4O13. The van der Waals surface area contributed by atoms with Crippen LogP contribution in [-0.2, 0) is 23.7 Å². The maximum Gasteiger partial charge on any atom is 0.176 e. The SMILES string of the molecule is CCCCCCCCCCCCCCCCCCN(CCCCCCCCCCCCCCCCCC)C[C@]1(CO)O[C@H](OC2[C@@H](CO)O[C@@H](OC3[C@@H](CO)O[C@@H](O)[C@H](N)[C@H]3O)[C@H](N)[C@H]2O)[C@H](N)[C@@H](O)[C@@H]1O. The van der Waals surface area contributed by atoms with Gasteiger partial charge in [-0.3, -0.25) is 0 Å². The molecule has 17 nitrogen and oxygen atoms in total. The number of ether oxygens (including phenoxy) is 5. The third kappa shape index (κ3) is 23.1. The third-order valence-electron chi connectivity index (χ3n) is 15.7. The maximum absolute atomic E-state index is 11.6. The fourth-order valence-electron chi connectivity index (χ4n) is 10.9. The highest BCUT2D eigenvalue weighted by Gasteiger charge is 2.56. The first-order chi connectivity index (χ1) is 34.9. The molecule has 3 fully saturated rings. The first kappa shape index (κ1) is 65.6. The zero-order chi connectivity index (χ0) is 52.6. The molecule has 0 saturated carbocycles. The van der Waals surface area contributed by atoms with Crippen molar-refractivity contribution in [1.29, 1.82) is 0 Å². The second-order valence-electron chi connectivity index (χ2n) is 21.9. The van der Waals surface area contributed by atoms with Crippen molar-refractivity contribution in [3.05, 3.63) is 0 Å². The van der Waals surface area contributed by atoms with Crippen LogP contribution in [0.3, 0.4) is 0 Å². The average Bonchev–Trinajstić information content (AvgIpc) is 3.38. The van der Waals surface area contributed by atoms with Gasteiger partial charge in [0.15, 0.2) is 18.9 Å². The second-order valence-corrected chi connectivity index (χ2v) is 21.9. The summed E-state index contributed by atoms with van der Waals surface area (Å²) in [5.41, 5.74) is 17.0. The van der Waals surface area contributed by atoms with Gasteiger partial charge in [0.1, 0.15) is 54.4 Å². The lowest BCUT2D eigenvalue weighted by Crippen LogP contribution is -2.73. The minimum atomic E-state index is -1.72. The van der Waals surface area contributed by atoms with Gasteiger partial charge in [-0.1, -0.05) is 206 Å². The Bertz CT molecular complexity index is 1260. The van der Waals surface area contributed by atoms with E-state index in [1.54, 1.807) is 0 Å². The molecule has 2 unspecified atom stereocenters. The highest BCUT2D eigenvalue weighted by Crippen LogP contribution is 2.35. The van der Waals surface area contributed by atoms with Gasteiger partial charge in [0.2, 0.25) is 0 Å². The molecule has 3 saturated heterocycles. The molecule has 3 aliphatic heterocycles. The highest BCUT2D eigenvalue weighted by molar-refractivity contribution is 5.04. The van der Waals surface area contributed by atoms with Gasteiger partial charge >= 0.3 is 0 Å². The van der Waals surface area contributed by atoms with E-state index in [9.17, 15) is 40.9 Å². The van der Waals surface area contributed by atoms with Gasteiger partial charge in [0, 0.05) is 6.54 Å². The Kier molecular flexibility index (Phi) is 35.4. The topological polar surface area (TPSA) is 289 Å². The zero-order valence-corrected chi connectivity index (χ0v) is 45.3. The highest BCUT2D eigenvalue weighted by atomic mass is 16.7. The van der Waals surface area contributed by atoms with Gasteiger partial charge in [-0.05, 0) is 25.9 Å². The molecule has 17 heteroatoms. The van der Waals surface area contributed by atoms with Gasteiger partial charge in [-0.15, -0.1) is 0 Å². The number of hydrogen-bond donors (Lipinski definition) is 11. The molecule has 0 aromatic carbocycles. The summed E-state index contributed by atoms with van der Waals surface area (Å²) >= 11 is 0. The van der Waals surface area contributed by atoms with Gasteiger partial charge in [0.25, 0.3) is 0 Å². The summed E-state index contributed by atoms with van der Waals surface area (Å²) in [7, 11) is 0. The van der Waals surface area contributed by atoms with Gasteiger partial charge in [-0.25, -0.2) is 0 Å². The van der Waals surface area contributed by atoms with Crippen LogP contribution in [0.2, 0.25) is 0 Å². The number of aliphatic hydroxyl groups excluding tert-OH is 8. The lowest BCUT2D eigenvalue weighted by molar-refractivity contribution is -0.361. The van der Waals surface area contributed by atoms with Crippen LogP contribution in [0.15, 0.2) is 0 Å². The number of nitrogens with two attached hydrogens (primary N) is 3. The summed E-state index contributed by atoms with van der Waals surface area (Å²) in [6.07, 6.45) is 24.6. The predicted molar refractivity (Wildman–Crippen MR) is 282 cm³/mol. The molecule has 0 aromatic heterocycles. The molecule has 3 heterocycles. The van der Waals surface area contributed by atoms with E-state index < -0.39 is 111 Å². The Morgan fingerprint density at radius 1 is 0.431 bits per heavy atom. The zero-order valence-electron chi connectivity index (χ0n) is 45.3. The quantitative estimate of drug-likeness (QED) is 0.0335. The molecule has 0 radical (unpaired) electrons. The van der Waals surface area contributed by atoms with Crippen molar-refractivity contribution < 1.29 is 64.5 Å². The summed E-state index contributed by atoms with van der Waals surface area (Å²) in [6.45, 7) is 4.01. The normalized spacial score (nSPS) is 32.2. The molecule has 72 heavy (non-hydrogen) atoms. The minimum Gasteiger partial charge on any atom is -0.394 e. The third-order valence-corrected chi connectivity index (χ3v) is 15.7. The molecule has 0 aromatic rings. The van der Waals surface area contributed by atoms with Crippen molar-refractivity contribution in [1.82, 2.24) is 4.90 Å². The molecule has 3 rings (SSSR count). The van der Waals surface area contributed by atoms with Crippen LogP contribution in [0.25, 0.3) is 0 Å². The number of nitrogens with zero attached hydrogens (tertiary/aromatic N) is 1. The summed E-state index contributed by atoms with van der Waals surface area (Å²) in [6, 6.07) is -3.98. The monoisotopic (exact) mass is 1030 g/mol. The summed E-state index contributed by atoms with van der Waals surface area (Å²) in [4.78, 5) is 2.20. The summed E-state index contributed by atoms with van der Waals surface area (Å²) in [5.74, 6) is 0. The van der Waals surface area contributed by atoms with E-state index in [1.807, 2.05) is 0 Å². The molecular weight excluding hydrogens is 925 g/mol. The molecule has 0 spiro atoms. The number of aliphatic hydroxyl groups is 8. The van der Waals surface area contributed by atoms with Gasteiger partial charge in [0.05, 0.1) is 37.9 Å². The predicted octanol–water partition coefficient (Wildman–Crippen LogP) is 5.52. The van der Waals surface area contributed by atoms with E-state index in [0.717, 1.165) is 38.5 Å². The van der Waals surface area contributed by atoms with Crippen molar-refractivity contribution >= 4 is 0 Å². The Labute approximate surface area is 435 Å². The number of rotatable bonds is 43. The van der Waals surface area contributed by atoms with Crippen molar-refractivity contribution in [3.63, 3.8) is 0 Å². The largest absolute Gasteiger partial charge is 0.394 e. The molecule has 15 atom stereocenters. The fourth-order valence-corrected chi connectivity index (χ4v) is 10.9. The fraction of sp³-hybridized carbons (Fsp3) is 1.00. The van der Waals surface area contributed by atoms with E-state index in [2.05, 4.69) is 18.7 Å². The lowest BCUT2D eigenvalue weighted by Gasteiger charge is -2.52. The van der Waals surface area contributed by atoms with Crippen LogP contribution < -0.4 is 17.2 Å². The van der Waals surface area contributed by atoms with E-state index in [1.165, 1.54) is 167 Å². The first-order valence-electron chi connectivity index (χ1n) is 29.4. The number of hydrogen-bond acceptors (Lipinski definition) is 17. The van der Waals surface area contributed by atoms with E-state index >= 15 is 0 Å². The number of unbranched alkanes of at least 4 members (excludes halogenated alkanes) is 30. The standard InChI is InChI=1S/C55H110N4O13/c1-3-5-7-9-11-13-15-17-19-21-23-25-27-29-31-33-35-59(36-34-32-30-28-26-24-22-20-18-16-14-12-10-8-6-4-2)39-55(40-62)51(66)48(65)45(58)54(72-55)71-50-42(38-61)69-53(44(57)47(50)64)70-49-41(37-60)68-52(67)43(56)46(49)63/h41-54,60-67H,3-40,56-58H2,1-2H3/t41-,42-,43-,44-,45-,46-,47-,48-,49?,50?,51+,52-,53+,54+,55-/m1/s1.